The quantitative estimate of drug-likeness (QED) is 0.627. The molecule has 0 aliphatic carbocycles. The van der Waals surface area contributed by atoms with Gasteiger partial charge in [-0.3, -0.25) is 4.79 Å². The maximum absolute atomic E-state index is 11.9. The molecule has 5 nitrogen and oxygen atoms in total. The number of benzene rings is 2. The molecular weight excluding hydrogens is 330 g/mol. The molecule has 1 heterocycles. The number of esters is 1. The van der Waals surface area contributed by atoms with Gasteiger partial charge in [-0.15, -0.1) is 0 Å². The smallest absolute Gasteiger partial charge is 0.306 e. The summed E-state index contributed by atoms with van der Waals surface area (Å²) < 4.78 is 16.1. The van der Waals surface area contributed by atoms with Crippen molar-refractivity contribution >= 4 is 28.7 Å². The molecule has 0 fully saturated rings. The lowest BCUT2D eigenvalue weighted by Gasteiger charge is -2.09. The molecule has 0 unspecified atom stereocenters. The van der Waals surface area contributed by atoms with Crippen molar-refractivity contribution in [1.82, 2.24) is 4.98 Å². The van der Waals surface area contributed by atoms with Crippen LogP contribution in [-0.4, -0.2) is 18.1 Å². The molecule has 1 aromatic heterocycles. The Hall–Kier alpha value is -2.53. The number of carbonyl (C=O) groups excluding carboxylic acids is 1. The zero-order chi connectivity index (χ0) is 16.9. The minimum absolute atomic E-state index is 0.107. The first kappa shape index (κ1) is 16.3. The van der Waals surface area contributed by atoms with Crippen LogP contribution in [0.1, 0.15) is 17.9 Å². The van der Waals surface area contributed by atoms with Crippen molar-refractivity contribution in [3.05, 3.63) is 58.9 Å². The van der Waals surface area contributed by atoms with E-state index < -0.39 is 0 Å². The molecule has 3 aromatic rings. The molecule has 0 aliphatic heterocycles. The van der Waals surface area contributed by atoms with Crippen LogP contribution in [0.2, 0.25) is 5.02 Å². The first-order valence-corrected chi connectivity index (χ1v) is 7.86. The number of carbonyl (C=O) groups is 1. The summed E-state index contributed by atoms with van der Waals surface area (Å²) in [7, 11) is 1.56. The van der Waals surface area contributed by atoms with Crippen molar-refractivity contribution in [3.63, 3.8) is 0 Å². The molecule has 2 aromatic carbocycles. The van der Waals surface area contributed by atoms with Crippen LogP contribution in [0.5, 0.6) is 5.75 Å². The van der Waals surface area contributed by atoms with Gasteiger partial charge in [-0.2, -0.15) is 0 Å². The van der Waals surface area contributed by atoms with Crippen molar-refractivity contribution in [1.29, 1.82) is 0 Å². The predicted octanol–water partition coefficient (Wildman–Crippen LogP) is 4.17. The standard InChI is InChI=1S/C18H16ClNO4/c1-22-15-7-6-13(19)10-12(15)11-23-18(21)9-8-17-20-14-4-2-3-5-16(14)24-17/h2-7,10H,8-9,11H2,1H3. The van der Waals surface area contributed by atoms with Gasteiger partial charge in [0.25, 0.3) is 0 Å². The van der Waals surface area contributed by atoms with E-state index in [9.17, 15) is 4.79 Å². The highest BCUT2D eigenvalue weighted by atomic mass is 35.5. The normalized spacial score (nSPS) is 10.8. The number of rotatable bonds is 6. The number of methoxy groups -OCH3 is 1. The molecule has 0 N–H and O–H groups in total. The van der Waals surface area contributed by atoms with E-state index in [0.29, 0.717) is 28.7 Å². The summed E-state index contributed by atoms with van der Waals surface area (Å²) in [5.41, 5.74) is 2.22. The van der Waals surface area contributed by atoms with Gasteiger partial charge in [0.15, 0.2) is 11.5 Å². The second kappa shape index (κ2) is 7.36. The van der Waals surface area contributed by atoms with Gasteiger partial charge in [0, 0.05) is 17.0 Å². The van der Waals surface area contributed by atoms with Gasteiger partial charge in [-0.05, 0) is 30.3 Å². The molecule has 0 amide bonds. The average molecular weight is 346 g/mol. The number of ether oxygens (including phenoxy) is 2. The number of hydrogen-bond acceptors (Lipinski definition) is 5. The van der Waals surface area contributed by atoms with E-state index >= 15 is 0 Å². The molecule has 0 radical (unpaired) electrons. The molecule has 0 bridgehead atoms. The summed E-state index contributed by atoms with van der Waals surface area (Å²) in [6.45, 7) is 0.107. The van der Waals surface area contributed by atoms with Crippen LogP contribution in [0.4, 0.5) is 0 Å². The number of nitrogens with zero attached hydrogens (tertiary/aromatic N) is 1. The Bertz CT molecular complexity index is 826. The number of para-hydroxylation sites is 2. The van der Waals surface area contributed by atoms with Crippen LogP contribution >= 0.6 is 11.6 Å². The Morgan fingerprint density at radius 1 is 1.25 bits per heavy atom. The summed E-state index contributed by atoms with van der Waals surface area (Å²) in [4.78, 5) is 16.3. The first-order chi connectivity index (χ1) is 11.7. The molecule has 0 saturated carbocycles. The third-order valence-corrected chi connectivity index (χ3v) is 3.75. The topological polar surface area (TPSA) is 61.6 Å². The lowest BCUT2D eigenvalue weighted by Crippen LogP contribution is -2.07. The SMILES string of the molecule is COc1ccc(Cl)cc1COC(=O)CCc1nc2ccccc2o1. The lowest BCUT2D eigenvalue weighted by atomic mass is 10.2. The first-order valence-electron chi connectivity index (χ1n) is 7.48. The number of oxazole rings is 1. The molecule has 6 heteroatoms. The zero-order valence-electron chi connectivity index (χ0n) is 13.1. The highest BCUT2D eigenvalue weighted by Gasteiger charge is 2.11. The highest BCUT2D eigenvalue weighted by molar-refractivity contribution is 6.30. The van der Waals surface area contributed by atoms with Crippen LogP contribution in [0.25, 0.3) is 11.1 Å². The van der Waals surface area contributed by atoms with E-state index in [2.05, 4.69) is 4.98 Å². The fourth-order valence-electron chi connectivity index (χ4n) is 2.33. The van der Waals surface area contributed by atoms with E-state index in [-0.39, 0.29) is 19.0 Å². The second-order valence-corrected chi connectivity index (χ2v) is 5.63. The third-order valence-electron chi connectivity index (χ3n) is 3.51. The third kappa shape index (κ3) is 3.86. The maximum atomic E-state index is 11.9. The Morgan fingerprint density at radius 3 is 2.88 bits per heavy atom. The van der Waals surface area contributed by atoms with Gasteiger partial charge in [0.2, 0.25) is 0 Å². The minimum atomic E-state index is -0.334. The van der Waals surface area contributed by atoms with Gasteiger partial charge in [0.1, 0.15) is 17.9 Å². The molecule has 124 valence electrons. The van der Waals surface area contributed by atoms with E-state index in [1.54, 1.807) is 25.3 Å². The van der Waals surface area contributed by atoms with Crippen LogP contribution in [0.15, 0.2) is 46.9 Å². The number of aromatic nitrogens is 1. The Kier molecular flexibility index (Phi) is 5.01. The predicted molar refractivity (Wildman–Crippen MR) is 90.1 cm³/mol. The minimum Gasteiger partial charge on any atom is -0.496 e. The molecular formula is C18H16ClNO4. The lowest BCUT2D eigenvalue weighted by molar-refractivity contribution is -0.145. The number of aryl methyl sites for hydroxylation is 1. The van der Waals surface area contributed by atoms with Gasteiger partial charge < -0.3 is 13.9 Å². The largest absolute Gasteiger partial charge is 0.496 e. The maximum Gasteiger partial charge on any atom is 0.306 e. The molecule has 0 spiro atoms. The molecule has 0 aliphatic rings. The fourth-order valence-corrected chi connectivity index (χ4v) is 2.52. The van der Waals surface area contributed by atoms with Crippen LogP contribution < -0.4 is 4.74 Å². The van der Waals surface area contributed by atoms with Crippen molar-refractivity contribution in [2.75, 3.05) is 7.11 Å². The van der Waals surface area contributed by atoms with Gasteiger partial charge in [-0.1, -0.05) is 23.7 Å². The van der Waals surface area contributed by atoms with Crippen molar-refractivity contribution in [3.8, 4) is 5.75 Å². The monoisotopic (exact) mass is 345 g/mol. The Morgan fingerprint density at radius 2 is 2.08 bits per heavy atom. The van der Waals surface area contributed by atoms with Crippen molar-refractivity contribution < 1.29 is 18.7 Å². The fraction of sp³-hybridized carbons (Fsp3) is 0.222. The van der Waals surface area contributed by atoms with Crippen molar-refractivity contribution in [2.24, 2.45) is 0 Å². The Balaban J connectivity index is 1.55. The van der Waals surface area contributed by atoms with Crippen LogP contribution in [-0.2, 0) is 22.6 Å². The van der Waals surface area contributed by atoms with E-state index in [1.165, 1.54) is 0 Å². The van der Waals surface area contributed by atoms with Crippen LogP contribution in [0.3, 0.4) is 0 Å². The average Bonchev–Trinajstić information content (AvgIpc) is 3.01. The Labute approximate surface area is 144 Å². The van der Waals surface area contributed by atoms with E-state index in [4.69, 9.17) is 25.5 Å². The second-order valence-electron chi connectivity index (χ2n) is 5.19. The van der Waals surface area contributed by atoms with Crippen molar-refractivity contribution in [2.45, 2.75) is 19.4 Å². The summed E-state index contributed by atoms with van der Waals surface area (Å²) in [5.74, 6) is 0.818. The van der Waals surface area contributed by atoms with Gasteiger partial charge in [-0.25, -0.2) is 4.98 Å². The molecule has 3 rings (SSSR count). The number of hydrogen-bond donors (Lipinski definition) is 0. The molecule has 0 atom stereocenters. The summed E-state index contributed by atoms with van der Waals surface area (Å²) >= 11 is 5.95. The van der Waals surface area contributed by atoms with Gasteiger partial charge >= 0.3 is 5.97 Å². The molecule has 24 heavy (non-hydrogen) atoms. The molecule has 0 saturated heterocycles. The summed E-state index contributed by atoms with van der Waals surface area (Å²) in [6, 6.07) is 12.7. The highest BCUT2D eigenvalue weighted by Crippen LogP contribution is 2.23. The van der Waals surface area contributed by atoms with E-state index in [0.717, 1.165) is 11.1 Å². The number of fused-ring (bicyclic) bond motifs is 1. The van der Waals surface area contributed by atoms with Gasteiger partial charge in [0.05, 0.1) is 13.5 Å². The number of halogens is 1. The van der Waals surface area contributed by atoms with Crippen LogP contribution in [0, 0.1) is 0 Å². The van der Waals surface area contributed by atoms with E-state index in [1.807, 2.05) is 24.3 Å². The summed E-state index contributed by atoms with van der Waals surface area (Å²) in [5, 5.41) is 0.563. The zero-order valence-corrected chi connectivity index (χ0v) is 13.9. The summed E-state index contributed by atoms with van der Waals surface area (Å²) in [6.07, 6.45) is 0.579.